The lowest BCUT2D eigenvalue weighted by molar-refractivity contribution is 0.0513. The average Bonchev–Trinajstić information content (AvgIpc) is 2.44. The molecule has 1 aliphatic rings. The summed E-state index contributed by atoms with van der Waals surface area (Å²) in [4.78, 5) is 11.3. The molecule has 0 aromatic rings. The van der Waals surface area contributed by atoms with Gasteiger partial charge in [-0.3, -0.25) is 0 Å². The molecule has 0 aromatic heterocycles. The molecule has 1 aliphatic heterocycles. The van der Waals surface area contributed by atoms with Crippen molar-refractivity contribution in [3.63, 3.8) is 0 Å². The van der Waals surface area contributed by atoms with E-state index in [1.807, 2.05) is 20.8 Å². The summed E-state index contributed by atoms with van der Waals surface area (Å²) in [5.74, 6) is 0. The van der Waals surface area contributed by atoms with Crippen LogP contribution in [0.15, 0.2) is 0 Å². The first-order valence-corrected chi connectivity index (χ1v) is 5.27. The van der Waals surface area contributed by atoms with Crippen LogP contribution in [-0.4, -0.2) is 42.0 Å². The van der Waals surface area contributed by atoms with E-state index in [2.05, 4.69) is 10.6 Å². The number of hydrogen-bond acceptors (Lipinski definition) is 4. The quantitative estimate of drug-likeness (QED) is 0.618. The van der Waals surface area contributed by atoms with Gasteiger partial charge in [-0.1, -0.05) is 0 Å². The highest BCUT2D eigenvalue weighted by Gasteiger charge is 2.25. The van der Waals surface area contributed by atoms with Gasteiger partial charge in [0, 0.05) is 6.54 Å². The maximum absolute atomic E-state index is 11.3. The summed E-state index contributed by atoms with van der Waals surface area (Å²) < 4.78 is 5.07. The Labute approximate surface area is 90.2 Å². The van der Waals surface area contributed by atoms with Crippen molar-refractivity contribution in [2.45, 2.75) is 44.9 Å². The van der Waals surface area contributed by atoms with Crippen LogP contribution in [0, 0.1) is 0 Å². The van der Waals surface area contributed by atoms with Crippen molar-refractivity contribution in [1.29, 1.82) is 0 Å². The van der Waals surface area contributed by atoms with Crippen molar-refractivity contribution in [2.75, 3.05) is 13.1 Å². The summed E-state index contributed by atoms with van der Waals surface area (Å²) in [6, 6.07) is -0.0579. The van der Waals surface area contributed by atoms with Gasteiger partial charge in [0.2, 0.25) is 0 Å². The van der Waals surface area contributed by atoms with E-state index in [1.54, 1.807) is 0 Å². The fraction of sp³-hybridized carbons (Fsp3) is 0.900. The molecular formula is C10H20N2O3. The Morgan fingerprint density at radius 2 is 2.27 bits per heavy atom. The second-order valence-corrected chi connectivity index (χ2v) is 4.80. The molecule has 1 rings (SSSR count). The third-order valence-electron chi connectivity index (χ3n) is 2.18. The summed E-state index contributed by atoms with van der Waals surface area (Å²) in [6.07, 6.45) is -0.0796. The van der Waals surface area contributed by atoms with Crippen LogP contribution in [0.25, 0.3) is 0 Å². The number of nitrogens with one attached hydrogen (secondary N) is 2. The Bertz CT molecular complexity index is 225. The minimum absolute atomic E-state index is 0.0579. The summed E-state index contributed by atoms with van der Waals surface area (Å²) >= 11 is 0. The molecule has 0 aliphatic carbocycles. The SMILES string of the molecule is CC(C)(C)OC(=O)NCC1NCCC1O. The van der Waals surface area contributed by atoms with Gasteiger partial charge in [-0.15, -0.1) is 0 Å². The lowest BCUT2D eigenvalue weighted by atomic mass is 10.2. The first kappa shape index (κ1) is 12.3. The van der Waals surface area contributed by atoms with Gasteiger partial charge in [-0.05, 0) is 33.7 Å². The van der Waals surface area contributed by atoms with Crippen LogP contribution >= 0.6 is 0 Å². The zero-order valence-electron chi connectivity index (χ0n) is 9.54. The lowest BCUT2D eigenvalue weighted by Crippen LogP contribution is -2.43. The van der Waals surface area contributed by atoms with E-state index >= 15 is 0 Å². The van der Waals surface area contributed by atoms with Gasteiger partial charge in [-0.2, -0.15) is 0 Å². The predicted octanol–water partition coefficient (Wildman–Crippen LogP) is 0.234. The van der Waals surface area contributed by atoms with E-state index in [4.69, 9.17) is 4.74 Å². The molecule has 1 heterocycles. The lowest BCUT2D eigenvalue weighted by Gasteiger charge is -2.21. The number of aliphatic hydroxyl groups is 1. The highest BCUT2D eigenvalue weighted by molar-refractivity contribution is 5.67. The molecule has 1 fully saturated rings. The Morgan fingerprint density at radius 1 is 1.60 bits per heavy atom. The third kappa shape index (κ3) is 4.48. The van der Waals surface area contributed by atoms with Crippen molar-refractivity contribution in [1.82, 2.24) is 10.6 Å². The fourth-order valence-electron chi connectivity index (χ4n) is 1.47. The molecule has 5 heteroatoms. The normalized spacial score (nSPS) is 26.4. The van der Waals surface area contributed by atoms with Crippen molar-refractivity contribution >= 4 is 6.09 Å². The van der Waals surface area contributed by atoms with Crippen LogP contribution in [0.1, 0.15) is 27.2 Å². The number of carbonyl (C=O) groups is 1. The van der Waals surface area contributed by atoms with E-state index in [0.29, 0.717) is 6.54 Å². The molecule has 0 aromatic carbocycles. The molecule has 2 unspecified atom stereocenters. The second-order valence-electron chi connectivity index (χ2n) is 4.80. The van der Waals surface area contributed by atoms with Crippen molar-refractivity contribution < 1.29 is 14.6 Å². The molecule has 0 spiro atoms. The predicted molar refractivity (Wildman–Crippen MR) is 56.7 cm³/mol. The summed E-state index contributed by atoms with van der Waals surface area (Å²) in [5, 5.41) is 15.2. The zero-order valence-corrected chi connectivity index (χ0v) is 9.54. The fourth-order valence-corrected chi connectivity index (χ4v) is 1.47. The van der Waals surface area contributed by atoms with E-state index in [-0.39, 0.29) is 12.1 Å². The summed E-state index contributed by atoms with van der Waals surface area (Å²) in [7, 11) is 0. The molecule has 5 nitrogen and oxygen atoms in total. The van der Waals surface area contributed by atoms with Crippen LogP contribution in [-0.2, 0) is 4.74 Å². The van der Waals surface area contributed by atoms with Gasteiger partial charge in [0.05, 0.1) is 12.1 Å². The van der Waals surface area contributed by atoms with Gasteiger partial charge in [0.25, 0.3) is 0 Å². The number of carbonyl (C=O) groups excluding carboxylic acids is 1. The maximum Gasteiger partial charge on any atom is 0.407 e. The Hall–Kier alpha value is -0.810. The van der Waals surface area contributed by atoms with Gasteiger partial charge in [-0.25, -0.2) is 4.79 Å². The Balaban J connectivity index is 2.22. The van der Waals surface area contributed by atoms with Gasteiger partial charge < -0.3 is 20.5 Å². The number of ether oxygens (including phenoxy) is 1. The van der Waals surface area contributed by atoms with E-state index in [9.17, 15) is 9.90 Å². The minimum atomic E-state index is -0.480. The van der Waals surface area contributed by atoms with E-state index in [1.165, 1.54) is 0 Å². The van der Waals surface area contributed by atoms with Crippen molar-refractivity contribution in [3.8, 4) is 0 Å². The molecule has 1 saturated heterocycles. The Kier molecular flexibility index (Phi) is 3.93. The number of rotatable bonds is 2. The Morgan fingerprint density at radius 3 is 2.73 bits per heavy atom. The highest BCUT2D eigenvalue weighted by atomic mass is 16.6. The third-order valence-corrected chi connectivity index (χ3v) is 2.18. The van der Waals surface area contributed by atoms with Crippen LogP contribution < -0.4 is 10.6 Å². The van der Waals surface area contributed by atoms with E-state index in [0.717, 1.165) is 13.0 Å². The molecule has 88 valence electrons. The monoisotopic (exact) mass is 216 g/mol. The molecule has 15 heavy (non-hydrogen) atoms. The van der Waals surface area contributed by atoms with Gasteiger partial charge in [0.15, 0.2) is 0 Å². The first-order valence-electron chi connectivity index (χ1n) is 5.27. The van der Waals surface area contributed by atoms with Gasteiger partial charge in [0.1, 0.15) is 5.60 Å². The molecule has 2 atom stereocenters. The van der Waals surface area contributed by atoms with Crippen molar-refractivity contribution in [3.05, 3.63) is 0 Å². The van der Waals surface area contributed by atoms with Crippen molar-refractivity contribution in [2.24, 2.45) is 0 Å². The van der Waals surface area contributed by atoms with Crippen LogP contribution in [0.3, 0.4) is 0 Å². The summed E-state index contributed by atoms with van der Waals surface area (Å²) in [5.41, 5.74) is -0.480. The maximum atomic E-state index is 11.3. The molecule has 1 amide bonds. The minimum Gasteiger partial charge on any atom is -0.444 e. The number of amides is 1. The first-order chi connectivity index (χ1) is 6.88. The smallest absolute Gasteiger partial charge is 0.407 e. The topological polar surface area (TPSA) is 70.6 Å². The average molecular weight is 216 g/mol. The number of hydrogen-bond donors (Lipinski definition) is 3. The number of aliphatic hydroxyl groups excluding tert-OH is 1. The zero-order chi connectivity index (χ0) is 11.5. The molecule has 0 radical (unpaired) electrons. The molecule has 0 saturated carbocycles. The van der Waals surface area contributed by atoms with Crippen LogP contribution in [0.4, 0.5) is 4.79 Å². The molecule has 0 bridgehead atoms. The number of alkyl carbamates (subject to hydrolysis) is 1. The largest absolute Gasteiger partial charge is 0.444 e. The van der Waals surface area contributed by atoms with Crippen LogP contribution in [0.2, 0.25) is 0 Å². The van der Waals surface area contributed by atoms with Gasteiger partial charge >= 0.3 is 6.09 Å². The standard InChI is InChI=1S/C10H20N2O3/c1-10(2,3)15-9(14)12-6-7-8(13)4-5-11-7/h7-8,11,13H,4-6H2,1-3H3,(H,12,14). The molecular weight excluding hydrogens is 196 g/mol. The molecule has 3 N–H and O–H groups in total. The van der Waals surface area contributed by atoms with Crippen LogP contribution in [0.5, 0.6) is 0 Å². The highest BCUT2D eigenvalue weighted by Crippen LogP contribution is 2.08. The van der Waals surface area contributed by atoms with E-state index < -0.39 is 11.7 Å². The summed E-state index contributed by atoms with van der Waals surface area (Å²) in [6.45, 7) is 6.64. The second kappa shape index (κ2) is 4.81.